The molecule has 1 heterocycles. The Hall–Kier alpha value is -2.39. The molecule has 0 amide bonds. The average Bonchev–Trinajstić information content (AvgIpc) is 2.53. The number of nitrogens with zero attached hydrogens (tertiary/aromatic N) is 3. The largest absolute Gasteiger partial charge is 0.457 e. The number of aromatic nitrogens is 3. The van der Waals surface area contributed by atoms with Crippen LogP contribution in [0.3, 0.4) is 0 Å². The van der Waals surface area contributed by atoms with E-state index in [1.54, 1.807) is 0 Å². The van der Waals surface area contributed by atoms with Crippen LogP contribution in [0.25, 0.3) is 0 Å². The van der Waals surface area contributed by atoms with E-state index in [0.29, 0.717) is 0 Å². The van der Waals surface area contributed by atoms with Crippen LogP contribution in [0.1, 0.15) is 12.8 Å². The van der Waals surface area contributed by atoms with Crippen molar-refractivity contribution in [1.29, 1.82) is 0 Å². The van der Waals surface area contributed by atoms with Gasteiger partial charge in [0, 0.05) is 12.7 Å². The lowest BCUT2D eigenvalue weighted by atomic mass is 10.1. The number of allylic oxidation sites excluding steroid dienone is 4. The fraction of sp³-hybridized carbons (Fsp3) is 0.462. The minimum Gasteiger partial charge on any atom is -0.457 e. The first-order valence-electron chi connectivity index (χ1n) is 6.76. The summed E-state index contributed by atoms with van der Waals surface area (Å²) in [5.74, 6) is -4.15. The Morgan fingerprint density at radius 2 is 2.00 bits per heavy atom. The van der Waals surface area contributed by atoms with Crippen molar-refractivity contribution in [2.45, 2.75) is 25.2 Å². The molecule has 6 nitrogen and oxygen atoms in total. The van der Waals surface area contributed by atoms with Gasteiger partial charge in [0.2, 0.25) is 11.9 Å². The molecule has 2 rings (SSSR count). The summed E-state index contributed by atoms with van der Waals surface area (Å²) in [5, 5.41) is 5.52. The second-order valence-electron chi connectivity index (χ2n) is 4.65. The van der Waals surface area contributed by atoms with Crippen molar-refractivity contribution >= 4 is 11.9 Å². The predicted molar refractivity (Wildman–Crippen MR) is 75.9 cm³/mol. The number of halogens is 4. The van der Waals surface area contributed by atoms with Crippen molar-refractivity contribution in [3.05, 3.63) is 23.9 Å². The van der Waals surface area contributed by atoms with Gasteiger partial charge in [0.25, 0.3) is 0 Å². The first kappa shape index (κ1) is 17.0. The van der Waals surface area contributed by atoms with Gasteiger partial charge in [-0.15, -0.1) is 0 Å². The molecule has 1 aromatic heterocycles. The van der Waals surface area contributed by atoms with E-state index in [9.17, 15) is 17.6 Å². The van der Waals surface area contributed by atoms with Gasteiger partial charge in [-0.1, -0.05) is 12.2 Å². The molecule has 1 aromatic rings. The highest BCUT2D eigenvalue weighted by Crippen LogP contribution is 2.24. The van der Waals surface area contributed by atoms with Gasteiger partial charge in [0.15, 0.2) is 6.61 Å². The fourth-order valence-corrected chi connectivity index (χ4v) is 1.66. The Morgan fingerprint density at radius 1 is 1.26 bits per heavy atom. The quantitative estimate of drug-likeness (QED) is 0.748. The van der Waals surface area contributed by atoms with Crippen LogP contribution in [0.5, 0.6) is 6.01 Å². The molecule has 0 radical (unpaired) electrons. The van der Waals surface area contributed by atoms with Crippen LogP contribution < -0.4 is 15.4 Å². The zero-order chi connectivity index (χ0) is 16.9. The van der Waals surface area contributed by atoms with E-state index >= 15 is 0 Å². The van der Waals surface area contributed by atoms with Gasteiger partial charge in [0.1, 0.15) is 0 Å². The first-order valence-corrected chi connectivity index (χ1v) is 6.76. The van der Waals surface area contributed by atoms with Crippen LogP contribution in [0.2, 0.25) is 0 Å². The van der Waals surface area contributed by atoms with Gasteiger partial charge in [-0.3, -0.25) is 0 Å². The fourth-order valence-electron chi connectivity index (χ4n) is 1.66. The van der Waals surface area contributed by atoms with Crippen LogP contribution in [-0.2, 0) is 0 Å². The molecule has 0 fully saturated rings. The third-order valence-corrected chi connectivity index (χ3v) is 2.84. The Morgan fingerprint density at radius 3 is 2.61 bits per heavy atom. The van der Waals surface area contributed by atoms with Crippen molar-refractivity contribution in [3.63, 3.8) is 0 Å². The number of ether oxygens (including phenoxy) is 1. The highest BCUT2D eigenvalue weighted by Gasteiger charge is 2.42. The summed E-state index contributed by atoms with van der Waals surface area (Å²) in [6.07, 6.45) is 3.40. The smallest absolute Gasteiger partial charge is 0.340 e. The molecule has 0 aliphatic heterocycles. The SMILES string of the molecule is CNc1nc(NC2=CC=CCC2)nc(OCC(F)(F)C(F)F)n1. The molecule has 0 bridgehead atoms. The summed E-state index contributed by atoms with van der Waals surface area (Å²) in [6.45, 7) is -1.53. The van der Waals surface area contributed by atoms with Crippen LogP contribution in [0, 0.1) is 0 Å². The first-order chi connectivity index (χ1) is 10.9. The van der Waals surface area contributed by atoms with Gasteiger partial charge in [-0.25, -0.2) is 8.78 Å². The van der Waals surface area contributed by atoms with Gasteiger partial charge in [-0.05, 0) is 18.9 Å². The molecule has 0 aromatic carbocycles. The lowest BCUT2D eigenvalue weighted by Gasteiger charge is -2.16. The molecule has 1 aliphatic carbocycles. The topological polar surface area (TPSA) is 72.0 Å². The standard InChI is InChI=1S/C13H15F4N5O/c1-18-10-20-11(19-8-5-3-2-4-6-8)22-12(21-10)23-7-13(16,17)9(14)15/h2-3,5,9H,4,6-7H2,1H3,(H2,18,19,20,21,22). The van der Waals surface area contributed by atoms with E-state index < -0.39 is 25.0 Å². The Balaban J connectivity index is 2.12. The zero-order valence-electron chi connectivity index (χ0n) is 12.2. The second-order valence-corrected chi connectivity index (χ2v) is 4.65. The van der Waals surface area contributed by atoms with Gasteiger partial charge < -0.3 is 15.4 Å². The van der Waals surface area contributed by atoms with Crippen LogP contribution in [0.15, 0.2) is 23.9 Å². The summed E-state index contributed by atoms with van der Waals surface area (Å²) in [4.78, 5) is 11.5. The molecule has 0 unspecified atom stereocenters. The third kappa shape index (κ3) is 4.80. The van der Waals surface area contributed by atoms with E-state index in [1.807, 2.05) is 18.2 Å². The van der Waals surface area contributed by atoms with E-state index in [2.05, 4.69) is 30.3 Å². The number of hydrogen-bond donors (Lipinski definition) is 2. The average molecular weight is 333 g/mol. The van der Waals surface area contributed by atoms with Crippen LogP contribution >= 0.6 is 0 Å². The summed E-state index contributed by atoms with van der Waals surface area (Å²) in [7, 11) is 1.51. The van der Waals surface area contributed by atoms with Crippen molar-refractivity contribution < 1.29 is 22.3 Å². The van der Waals surface area contributed by atoms with Crippen molar-refractivity contribution in [1.82, 2.24) is 15.0 Å². The Kier molecular flexibility index (Phi) is 5.35. The molecule has 0 saturated carbocycles. The molecule has 10 heteroatoms. The summed E-state index contributed by atoms with van der Waals surface area (Å²) < 4.78 is 54.6. The summed E-state index contributed by atoms with van der Waals surface area (Å²) in [6, 6.07) is -0.473. The number of alkyl halides is 4. The normalized spacial score (nSPS) is 14.6. The Bertz CT molecular complexity index is 606. The molecule has 2 N–H and O–H groups in total. The summed E-state index contributed by atoms with van der Waals surface area (Å²) in [5.41, 5.74) is 0.824. The number of anilines is 2. The van der Waals surface area contributed by atoms with Crippen LogP contribution in [0.4, 0.5) is 29.5 Å². The maximum Gasteiger partial charge on any atom is 0.340 e. The van der Waals surface area contributed by atoms with Crippen molar-refractivity contribution in [3.8, 4) is 6.01 Å². The highest BCUT2D eigenvalue weighted by molar-refractivity contribution is 5.41. The van der Waals surface area contributed by atoms with E-state index in [4.69, 9.17) is 0 Å². The van der Waals surface area contributed by atoms with Gasteiger partial charge in [-0.2, -0.15) is 23.7 Å². The zero-order valence-corrected chi connectivity index (χ0v) is 12.2. The van der Waals surface area contributed by atoms with Gasteiger partial charge in [0.05, 0.1) is 0 Å². The molecule has 0 atom stereocenters. The van der Waals surface area contributed by atoms with Crippen LogP contribution in [-0.4, -0.2) is 41.0 Å². The monoisotopic (exact) mass is 333 g/mol. The molecule has 126 valence electrons. The van der Waals surface area contributed by atoms with Gasteiger partial charge >= 0.3 is 18.4 Å². The maximum atomic E-state index is 12.9. The third-order valence-electron chi connectivity index (χ3n) is 2.84. The summed E-state index contributed by atoms with van der Waals surface area (Å²) >= 11 is 0. The highest BCUT2D eigenvalue weighted by atomic mass is 19.3. The lowest BCUT2D eigenvalue weighted by molar-refractivity contribution is -0.149. The minimum absolute atomic E-state index is 0.0600. The van der Waals surface area contributed by atoms with Crippen molar-refractivity contribution in [2.75, 3.05) is 24.3 Å². The molecule has 0 spiro atoms. The molecular weight excluding hydrogens is 318 g/mol. The lowest BCUT2D eigenvalue weighted by Crippen LogP contribution is -2.34. The number of nitrogens with one attached hydrogen (secondary N) is 2. The molecule has 23 heavy (non-hydrogen) atoms. The number of hydrogen-bond acceptors (Lipinski definition) is 6. The minimum atomic E-state index is -4.28. The second kappa shape index (κ2) is 7.25. The maximum absolute atomic E-state index is 12.9. The Labute approximate surface area is 129 Å². The molecule has 1 aliphatic rings. The van der Waals surface area contributed by atoms with E-state index in [1.165, 1.54) is 7.05 Å². The van der Waals surface area contributed by atoms with Crippen molar-refractivity contribution in [2.24, 2.45) is 0 Å². The predicted octanol–water partition coefficient (Wildman–Crippen LogP) is 2.84. The van der Waals surface area contributed by atoms with E-state index in [0.717, 1.165) is 18.5 Å². The molecular formula is C13H15F4N5O. The number of rotatable bonds is 7. The van der Waals surface area contributed by atoms with E-state index in [-0.39, 0.29) is 11.9 Å². The molecule has 0 saturated heterocycles.